The summed E-state index contributed by atoms with van der Waals surface area (Å²) >= 11 is 0. The Morgan fingerprint density at radius 3 is 2.95 bits per heavy atom. The van der Waals surface area contributed by atoms with E-state index in [1.165, 1.54) is 45.9 Å². The van der Waals surface area contributed by atoms with Crippen LogP contribution in [0, 0.1) is 0 Å². The summed E-state index contributed by atoms with van der Waals surface area (Å²) in [4.78, 5) is 14.1. The minimum absolute atomic E-state index is 0.199. The van der Waals surface area contributed by atoms with Gasteiger partial charge in [-0.1, -0.05) is 19.4 Å². The lowest BCUT2D eigenvalue weighted by molar-refractivity contribution is -0.136. The van der Waals surface area contributed by atoms with Crippen molar-refractivity contribution in [2.75, 3.05) is 26.7 Å². The van der Waals surface area contributed by atoms with Crippen molar-refractivity contribution in [2.24, 2.45) is 0 Å². The molecule has 0 aromatic rings. The lowest BCUT2D eigenvalue weighted by Gasteiger charge is -2.32. The highest BCUT2D eigenvalue weighted by atomic mass is 16.5. The second kappa shape index (κ2) is 7.06. The Morgan fingerprint density at radius 2 is 2.21 bits per heavy atom. The van der Waals surface area contributed by atoms with E-state index in [-0.39, 0.29) is 5.97 Å². The van der Waals surface area contributed by atoms with Crippen molar-refractivity contribution in [3.8, 4) is 0 Å². The highest BCUT2D eigenvalue weighted by Gasteiger charge is 2.34. The van der Waals surface area contributed by atoms with Gasteiger partial charge in [0.2, 0.25) is 0 Å². The number of hydrogen-bond acceptors (Lipinski definition) is 4. The largest absolute Gasteiger partial charge is 0.466 e. The smallest absolute Gasteiger partial charge is 0.333 e. The Hall–Kier alpha value is -0.870. The number of carbonyl (C=O) groups excluding carboxylic acids is 1. The Balaban J connectivity index is 1.82. The molecule has 2 aliphatic heterocycles. The first-order valence-corrected chi connectivity index (χ1v) is 7.51. The van der Waals surface area contributed by atoms with Gasteiger partial charge in [-0.15, -0.1) is 0 Å². The van der Waals surface area contributed by atoms with Gasteiger partial charge in [0, 0.05) is 30.7 Å². The van der Waals surface area contributed by atoms with Crippen LogP contribution in [0.25, 0.3) is 0 Å². The van der Waals surface area contributed by atoms with Crippen LogP contribution in [0.15, 0.2) is 11.6 Å². The summed E-state index contributed by atoms with van der Waals surface area (Å²) in [5.74, 6) is -0.199. The molecule has 0 amide bonds. The quantitative estimate of drug-likeness (QED) is 0.607. The number of hydrogen-bond donors (Lipinski definition) is 1. The number of esters is 1. The molecule has 2 atom stereocenters. The molecule has 0 radical (unpaired) electrons. The molecule has 0 aliphatic carbocycles. The fourth-order valence-corrected chi connectivity index (χ4v) is 3.32. The van der Waals surface area contributed by atoms with Crippen LogP contribution in [0.1, 0.15) is 39.0 Å². The van der Waals surface area contributed by atoms with E-state index in [2.05, 4.69) is 10.2 Å². The fraction of sp³-hybridized carbons (Fsp3) is 0.800. The predicted molar refractivity (Wildman–Crippen MR) is 76.0 cm³/mol. The summed E-state index contributed by atoms with van der Waals surface area (Å²) in [6.45, 7) is 5.25. The minimum Gasteiger partial charge on any atom is -0.466 e. The fourth-order valence-electron chi connectivity index (χ4n) is 3.32. The summed E-state index contributed by atoms with van der Waals surface area (Å²) in [6.07, 6.45) is 7.98. The van der Waals surface area contributed by atoms with Gasteiger partial charge >= 0.3 is 5.97 Å². The van der Waals surface area contributed by atoms with E-state index in [0.717, 1.165) is 18.5 Å². The third-order valence-corrected chi connectivity index (χ3v) is 4.41. The van der Waals surface area contributed by atoms with Gasteiger partial charge in [-0.2, -0.15) is 0 Å². The number of piperidine rings is 1. The van der Waals surface area contributed by atoms with Crippen molar-refractivity contribution in [3.05, 3.63) is 11.6 Å². The molecule has 4 nitrogen and oxygen atoms in total. The zero-order chi connectivity index (χ0) is 13.7. The topological polar surface area (TPSA) is 41.6 Å². The molecule has 1 N–H and O–H groups in total. The van der Waals surface area contributed by atoms with Gasteiger partial charge in [-0.3, -0.25) is 4.90 Å². The summed E-state index contributed by atoms with van der Waals surface area (Å²) in [7, 11) is 1.44. The Labute approximate surface area is 116 Å². The molecule has 0 spiro atoms. The molecule has 0 saturated carbocycles. The van der Waals surface area contributed by atoms with Crippen molar-refractivity contribution >= 4 is 5.97 Å². The summed E-state index contributed by atoms with van der Waals surface area (Å²) in [5, 5.41) is 3.60. The van der Waals surface area contributed by atoms with E-state index < -0.39 is 0 Å². The van der Waals surface area contributed by atoms with Crippen molar-refractivity contribution in [2.45, 2.75) is 51.1 Å². The number of carbonyl (C=O) groups is 1. The van der Waals surface area contributed by atoms with Gasteiger partial charge in [-0.05, 0) is 32.2 Å². The van der Waals surface area contributed by atoms with Crippen LogP contribution in [-0.4, -0.2) is 49.7 Å². The van der Waals surface area contributed by atoms with Crippen LogP contribution in [0.2, 0.25) is 0 Å². The number of rotatable bonds is 5. The number of nitrogens with zero attached hydrogens (tertiary/aromatic N) is 1. The normalized spacial score (nSPS) is 28.2. The number of fused-ring (bicyclic) bond motifs is 1. The van der Waals surface area contributed by atoms with Gasteiger partial charge in [0.1, 0.15) is 0 Å². The van der Waals surface area contributed by atoms with E-state index >= 15 is 0 Å². The van der Waals surface area contributed by atoms with Gasteiger partial charge in [0.15, 0.2) is 0 Å². The maximum atomic E-state index is 11.5. The molecular weight excluding hydrogens is 240 g/mol. The highest BCUT2D eigenvalue weighted by molar-refractivity contribution is 5.88. The summed E-state index contributed by atoms with van der Waals surface area (Å²) in [6, 6.07) is 1.30. The molecule has 19 heavy (non-hydrogen) atoms. The van der Waals surface area contributed by atoms with Crippen molar-refractivity contribution in [1.82, 2.24) is 10.2 Å². The van der Waals surface area contributed by atoms with Crippen LogP contribution in [0.4, 0.5) is 0 Å². The maximum absolute atomic E-state index is 11.5. The first-order valence-electron chi connectivity index (χ1n) is 7.51. The SMILES string of the molecule is CCC(=CCNC1CCN2CCCCC12)C(=O)OC. The van der Waals surface area contributed by atoms with Gasteiger partial charge in [-0.25, -0.2) is 4.79 Å². The van der Waals surface area contributed by atoms with Crippen molar-refractivity contribution in [1.29, 1.82) is 0 Å². The third-order valence-electron chi connectivity index (χ3n) is 4.41. The second-order valence-corrected chi connectivity index (χ2v) is 5.48. The van der Waals surface area contributed by atoms with Crippen LogP contribution in [0.3, 0.4) is 0 Å². The van der Waals surface area contributed by atoms with Crippen molar-refractivity contribution < 1.29 is 9.53 Å². The number of nitrogens with one attached hydrogen (secondary N) is 1. The Morgan fingerprint density at radius 1 is 1.37 bits per heavy atom. The molecule has 108 valence electrons. The van der Waals surface area contributed by atoms with Crippen LogP contribution in [0.5, 0.6) is 0 Å². The molecule has 4 heteroatoms. The molecule has 2 saturated heterocycles. The minimum atomic E-state index is -0.199. The lowest BCUT2D eigenvalue weighted by Crippen LogP contribution is -2.44. The number of ether oxygens (including phenoxy) is 1. The van der Waals surface area contributed by atoms with Crippen LogP contribution in [-0.2, 0) is 9.53 Å². The highest BCUT2D eigenvalue weighted by Crippen LogP contribution is 2.26. The lowest BCUT2D eigenvalue weighted by atomic mass is 9.99. The average Bonchev–Trinajstić information content (AvgIpc) is 2.86. The molecule has 2 unspecified atom stereocenters. The monoisotopic (exact) mass is 266 g/mol. The molecule has 2 fully saturated rings. The first kappa shape index (κ1) is 14.5. The molecule has 0 aromatic carbocycles. The molecule has 0 aromatic heterocycles. The molecule has 2 heterocycles. The zero-order valence-corrected chi connectivity index (χ0v) is 12.2. The van der Waals surface area contributed by atoms with E-state index in [9.17, 15) is 4.79 Å². The van der Waals surface area contributed by atoms with Gasteiger partial charge in [0.05, 0.1) is 7.11 Å². The van der Waals surface area contributed by atoms with Crippen LogP contribution < -0.4 is 5.32 Å². The van der Waals surface area contributed by atoms with Crippen LogP contribution >= 0.6 is 0 Å². The summed E-state index contributed by atoms with van der Waals surface area (Å²) in [5.41, 5.74) is 0.772. The van der Waals surface area contributed by atoms with Crippen molar-refractivity contribution in [3.63, 3.8) is 0 Å². The van der Waals surface area contributed by atoms with E-state index in [0.29, 0.717) is 12.1 Å². The predicted octanol–water partition coefficient (Wildman–Crippen LogP) is 1.71. The average molecular weight is 266 g/mol. The zero-order valence-electron chi connectivity index (χ0n) is 12.2. The molecule has 2 rings (SSSR count). The van der Waals surface area contributed by atoms with Gasteiger partial charge < -0.3 is 10.1 Å². The molecule has 0 bridgehead atoms. The number of methoxy groups -OCH3 is 1. The second-order valence-electron chi connectivity index (χ2n) is 5.48. The van der Waals surface area contributed by atoms with E-state index in [4.69, 9.17) is 4.74 Å². The third kappa shape index (κ3) is 3.57. The Bertz CT molecular complexity index is 341. The maximum Gasteiger partial charge on any atom is 0.333 e. The molecular formula is C15H26N2O2. The summed E-state index contributed by atoms with van der Waals surface area (Å²) < 4.78 is 4.77. The molecule has 2 aliphatic rings. The van der Waals surface area contributed by atoms with Gasteiger partial charge in [0.25, 0.3) is 0 Å². The standard InChI is InChI=1S/C15H26N2O2/c1-3-12(15(18)19-2)7-9-16-13-8-11-17-10-5-4-6-14(13)17/h7,13-14,16H,3-6,8-11H2,1-2H3. The van der Waals surface area contributed by atoms with E-state index in [1.807, 2.05) is 13.0 Å². The van der Waals surface area contributed by atoms with E-state index in [1.54, 1.807) is 0 Å². The Kier molecular flexibility index (Phi) is 5.40. The first-order chi connectivity index (χ1) is 9.26.